The topological polar surface area (TPSA) is 4.93 Å². The van der Waals surface area contributed by atoms with E-state index in [1.807, 2.05) is 0 Å². The molecule has 1 heteroatoms. The third kappa shape index (κ3) is 5.33. The molecule has 0 aliphatic heterocycles. The summed E-state index contributed by atoms with van der Waals surface area (Å²) in [5.74, 6) is 0. The molecule has 0 atom stereocenters. The summed E-state index contributed by atoms with van der Waals surface area (Å²) in [6, 6.07) is 82.5. The van der Waals surface area contributed by atoms with Crippen molar-refractivity contribution >= 4 is 64.9 Å². The molecule has 0 radical (unpaired) electrons. The van der Waals surface area contributed by atoms with E-state index in [-0.39, 0.29) is 0 Å². The van der Waals surface area contributed by atoms with Gasteiger partial charge in [0.25, 0.3) is 0 Å². The molecule has 0 spiro atoms. The van der Waals surface area contributed by atoms with E-state index in [2.05, 4.69) is 229 Å². The fraction of sp³-hybridized carbons (Fsp3) is 0. The van der Waals surface area contributed by atoms with Gasteiger partial charge in [-0.25, -0.2) is 0 Å². The summed E-state index contributed by atoms with van der Waals surface area (Å²) in [7, 11) is 0. The summed E-state index contributed by atoms with van der Waals surface area (Å²) in [4.78, 5) is 0. The standard InChI is InChI=1S/C58H37N/c1-3-17-45-38(13-1)15-11-24-47(45)40-27-29-41(30-28-40)57-50-20-5-7-22-52(50)58(53-23-8-6-21-51(53)57)42-31-34-44(35-32-42)59-55-26-10-9-19-49(55)54-37-43(33-36-56(54)59)48-25-12-16-39-14-2-4-18-46(39)48/h1-37H. The number of fused-ring (bicyclic) bond motifs is 7. The van der Waals surface area contributed by atoms with Crippen molar-refractivity contribution in [3.8, 4) is 50.2 Å². The summed E-state index contributed by atoms with van der Waals surface area (Å²) < 4.78 is 2.42. The van der Waals surface area contributed by atoms with Crippen molar-refractivity contribution < 1.29 is 0 Å². The molecule has 1 heterocycles. The Labute approximate surface area is 342 Å². The van der Waals surface area contributed by atoms with Gasteiger partial charge in [0, 0.05) is 16.5 Å². The third-order valence-electron chi connectivity index (χ3n) is 12.4. The zero-order chi connectivity index (χ0) is 38.9. The van der Waals surface area contributed by atoms with E-state index in [1.165, 1.54) is 109 Å². The Morgan fingerprint density at radius 3 is 1.19 bits per heavy atom. The second kappa shape index (κ2) is 13.4. The number of rotatable bonds is 5. The van der Waals surface area contributed by atoms with Gasteiger partial charge in [0.1, 0.15) is 0 Å². The van der Waals surface area contributed by atoms with Crippen LogP contribution in [0.2, 0.25) is 0 Å². The van der Waals surface area contributed by atoms with Crippen molar-refractivity contribution in [3.63, 3.8) is 0 Å². The molecule has 274 valence electrons. The lowest BCUT2D eigenvalue weighted by atomic mass is 9.85. The quantitative estimate of drug-likeness (QED) is 0.155. The second-order valence-electron chi connectivity index (χ2n) is 15.6. The van der Waals surface area contributed by atoms with Gasteiger partial charge < -0.3 is 4.57 Å². The molecular formula is C58H37N. The maximum absolute atomic E-state index is 2.42. The van der Waals surface area contributed by atoms with Gasteiger partial charge in [-0.1, -0.05) is 194 Å². The minimum atomic E-state index is 1.15. The summed E-state index contributed by atoms with van der Waals surface area (Å²) in [5, 5.41) is 12.6. The van der Waals surface area contributed by atoms with Crippen molar-refractivity contribution in [2.45, 2.75) is 0 Å². The minimum absolute atomic E-state index is 1.15. The molecular weight excluding hydrogens is 711 g/mol. The molecule has 12 aromatic rings. The number of nitrogens with zero attached hydrogens (tertiary/aromatic N) is 1. The van der Waals surface area contributed by atoms with Crippen LogP contribution in [-0.2, 0) is 0 Å². The molecule has 0 unspecified atom stereocenters. The number of para-hydroxylation sites is 1. The van der Waals surface area contributed by atoms with Gasteiger partial charge in [-0.2, -0.15) is 0 Å². The molecule has 1 aromatic heterocycles. The molecule has 0 saturated carbocycles. The van der Waals surface area contributed by atoms with E-state index < -0.39 is 0 Å². The van der Waals surface area contributed by atoms with Crippen molar-refractivity contribution in [2.24, 2.45) is 0 Å². The molecule has 0 aliphatic rings. The first kappa shape index (κ1) is 33.4. The van der Waals surface area contributed by atoms with Crippen LogP contribution in [-0.4, -0.2) is 4.57 Å². The van der Waals surface area contributed by atoms with Crippen molar-refractivity contribution in [3.05, 3.63) is 224 Å². The normalized spacial score (nSPS) is 11.7. The molecule has 1 nitrogen and oxygen atoms in total. The Balaban J connectivity index is 0.980. The van der Waals surface area contributed by atoms with E-state index in [9.17, 15) is 0 Å². The average Bonchev–Trinajstić information content (AvgIpc) is 3.64. The highest BCUT2D eigenvalue weighted by molar-refractivity contribution is 6.21. The number of hydrogen-bond donors (Lipinski definition) is 0. The number of benzene rings is 11. The Kier molecular flexibility index (Phi) is 7.61. The first-order valence-corrected chi connectivity index (χ1v) is 20.4. The van der Waals surface area contributed by atoms with Gasteiger partial charge in [-0.05, 0) is 118 Å². The third-order valence-corrected chi connectivity index (χ3v) is 12.4. The van der Waals surface area contributed by atoms with Gasteiger partial charge in [0.2, 0.25) is 0 Å². The summed E-state index contributed by atoms with van der Waals surface area (Å²) >= 11 is 0. The smallest absolute Gasteiger partial charge is 0.0541 e. The van der Waals surface area contributed by atoms with Crippen LogP contribution >= 0.6 is 0 Å². The predicted octanol–water partition coefficient (Wildman–Crippen LogP) is 16.1. The van der Waals surface area contributed by atoms with Crippen LogP contribution in [0.3, 0.4) is 0 Å². The molecule has 12 rings (SSSR count). The zero-order valence-corrected chi connectivity index (χ0v) is 32.3. The molecule has 11 aromatic carbocycles. The number of hydrogen-bond acceptors (Lipinski definition) is 0. The Morgan fingerprint density at radius 1 is 0.237 bits per heavy atom. The molecule has 0 amide bonds. The fourth-order valence-corrected chi connectivity index (χ4v) is 9.72. The highest BCUT2D eigenvalue weighted by Gasteiger charge is 2.18. The van der Waals surface area contributed by atoms with Crippen molar-refractivity contribution in [1.82, 2.24) is 4.57 Å². The van der Waals surface area contributed by atoms with Crippen LogP contribution < -0.4 is 0 Å². The highest BCUT2D eigenvalue weighted by Crippen LogP contribution is 2.45. The van der Waals surface area contributed by atoms with Crippen LogP contribution in [0.5, 0.6) is 0 Å². The van der Waals surface area contributed by atoms with Crippen LogP contribution in [0.15, 0.2) is 224 Å². The molecule has 0 saturated heterocycles. The van der Waals surface area contributed by atoms with E-state index >= 15 is 0 Å². The monoisotopic (exact) mass is 747 g/mol. The van der Waals surface area contributed by atoms with Gasteiger partial charge >= 0.3 is 0 Å². The molecule has 0 bridgehead atoms. The van der Waals surface area contributed by atoms with E-state index in [1.54, 1.807) is 0 Å². The van der Waals surface area contributed by atoms with Gasteiger partial charge in [-0.15, -0.1) is 0 Å². The lowest BCUT2D eigenvalue weighted by molar-refractivity contribution is 1.18. The average molecular weight is 748 g/mol. The van der Waals surface area contributed by atoms with Crippen molar-refractivity contribution in [1.29, 1.82) is 0 Å². The van der Waals surface area contributed by atoms with Crippen LogP contribution in [0.25, 0.3) is 115 Å². The predicted molar refractivity (Wildman–Crippen MR) is 253 cm³/mol. The largest absolute Gasteiger partial charge is 0.309 e. The van der Waals surface area contributed by atoms with E-state index in [0.29, 0.717) is 0 Å². The van der Waals surface area contributed by atoms with Gasteiger partial charge in [-0.3, -0.25) is 0 Å². The maximum Gasteiger partial charge on any atom is 0.0541 e. The lowest BCUT2D eigenvalue weighted by Gasteiger charge is -2.18. The van der Waals surface area contributed by atoms with Crippen LogP contribution in [0, 0.1) is 0 Å². The second-order valence-corrected chi connectivity index (χ2v) is 15.6. The van der Waals surface area contributed by atoms with Crippen LogP contribution in [0.4, 0.5) is 0 Å². The fourth-order valence-electron chi connectivity index (χ4n) is 9.72. The summed E-state index contributed by atoms with van der Waals surface area (Å²) in [5.41, 5.74) is 13.5. The van der Waals surface area contributed by atoms with E-state index in [4.69, 9.17) is 0 Å². The van der Waals surface area contributed by atoms with Crippen LogP contribution in [0.1, 0.15) is 0 Å². The van der Waals surface area contributed by atoms with E-state index in [0.717, 1.165) is 5.69 Å². The molecule has 0 fully saturated rings. The Hall–Kier alpha value is -7.74. The highest BCUT2D eigenvalue weighted by atomic mass is 15.0. The molecule has 0 N–H and O–H groups in total. The minimum Gasteiger partial charge on any atom is -0.309 e. The lowest BCUT2D eigenvalue weighted by Crippen LogP contribution is -1.95. The maximum atomic E-state index is 2.42. The zero-order valence-electron chi connectivity index (χ0n) is 32.3. The Bertz CT molecular complexity index is 3520. The first-order valence-electron chi connectivity index (χ1n) is 20.4. The molecule has 59 heavy (non-hydrogen) atoms. The van der Waals surface area contributed by atoms with Gasteiger partial charge in [0.05, 0.1) is 11.0 Å². The molecule has 0 aliphatic carbocycles. The SMILES string of the molecule is c1ccc2c(-c3ccc(-c4c5ccccc5c(-c5ccc(-n6c7ccccc7c7cc(-c8cccc9ccccc89)ccc76)cc5)c5ccccc45)cc3)cccc2c1. The Morgan fingerprint density at radius 2 is 0.627 bits per heavy atom. The summed E-state index contributed by atoms with van der Waals surface area (Å²) in [6.07, 6.45) is 0. The number of aromatic nitrogens is 1. The van der Waals surface area contributed by atoms with Gasteiger partial charge in [0.15, 0.2) is 0 Å². The first-order chi connectivity index (χ1) is 29.3. The van der Waals surface area contributed by atoms with Crippen molar-refractivity contribution in [2.75, 3.05) is 0 Å². The summed E-state index contributed by atoms with van der Waals surface area (Å²) in [6.45, 7) is 0.